The van der Waals surface area contributed by atoms with Crippen LogP contribution in [0.2, 0.25) is 0 Å². The van der Waals surface area contributed by atoms with E-state index in [9.17, 15) is 4.79 Å². The molecule has 1 rings (SSSR count). The summed E-state index contributed by atoms with van der Waals surface area (Å²) in [6, 6.07) is 3.47. The molecule has 0 radical (unpaired) electrons. The van der Waals surface area contributed by atoms with Crippen LogP contribution in [0.25, 0.3) is 0 Å². The maximum atomic E-state index is 10.9. The van der Waals surface area contributed by atoms with E-state index in [2.05, 4.69) is 25.7 Å². The molecule has 0 aromatic carbocycles. The number of pyridine rings is 1. The van der Waals surface area contributed by atoms with Crippen molar-refractivity contribution in [1.29, 1.82) is 0 Å². The van der Waals surface area contributed by atoms with Crippen LogP contribution in [-0.4, -0.2) is 18.1 Å². The molecule has 0 amide bonds. The molecule has 13 heavy (non-hydrogen) atoms. The maximum absolute atomic E-state index is 10.9. The van der Waals surface area contributed by atoms with Crippen LogP contribution < -0.4 is 0 Å². The van der Waals surface area contributed by atoms with Gasteiger partial charge in [0.05, 0.1) is 18.4 Å². The Morgan fingerprint density at radius 3 is 2.69 bits per heavy atom. The van der Waals surface area contributed by atoms with Gasteiger partial charge in [-0.2, -0.15) is 0 Å². The van der Waals surface area contributed by atoms with Crippen molar-refractivity contribution in [3.05, 3.63) is 29.6 Å². The summed E-state index contributed by atoms with van der Waals surface area (Å²) in [5, 5.41) is 0.689. The van der Waals surface area contributed by atoms with E-state index in [1.807, 2.05) is 0 Å². The highest BCUT2D eigenvalue weighted by Crippen LogP contribution is 2.04. The summed E-state index contributed by atoms with van der Waals surface area (Å²) >= 11 is 3.26. The molecule has 0 aliphatic heterocycles. The number of alkyl halides is 1. The molecule has 0 aliphatic rings. The van der Waals surface area contributed by atoms with Gasteiger partial charge in [0.25, 0.3) is 0 Å². The number of nitrogens with zero attached hydrogens (tertiary/aromatic N) is 1. The number of carbonyl (C=O) groups excluding carboxylic acids is 1. The summed E-state index contributed by atoms with van der Waals surface area (Å²) in [4.78, 5) is 15.0. The molecule has 0 N–H and O–H groups in total. The molecule has 0 unspecified atom stereocenters. The van der Waals surface area contributed by atoms with Crippen LogP contribution in [0.4, 0.5) is 0 Å². The third-order valence-corrected chi connectivity index (χ3v) is 1.96. The molecule has 1 heterocycles. The number of ether oxygens (including phenoxy) is 1. The van der Waals surface area contributed by atoms with Gasteiger partial charge in [-0.25, -0.2) is 4.79 Å². The smallest absolute Gasteiger partial charge is 0.339 e. The molecule has 4 heteroatoms. The molecule has 0 bridgehead atoms. The normalized spacial score (nSPS) is 8.77. The van der Waals surface area contributed by atoms with Gasteiger partial charge in [-0.05, 0) is 12.1 Å². The second kappa shape index (κ2) is 5.70. The fraction of sp³-hybridized carbons (Fsp3) is 0.333. The number of aromatic nitrogens is 1. The standard InChI is InChI=1S/C8H8BrNO2.CH4/c1-12-8(11)6-2-3-7(4-9)10-5-6;/h2-3,5H,4H2,1H3;1H4. The molecule has 1 aromatic rings. The van der Waals surface area contributed by atoms with Crippen LogP contribution in [0.1, 0.15) is 23.5 Å². The Hall–Kier alpha value is -0.900. The Kier molecular flexibility index (Phi) is 5.30. The molecule has 0 aliphatic carbocycles. The maximum Gasteiger partial charge on any atom is 0.339 e. The molecule has 72 valence electrons. The number of hydrogen-bond donors (Lipinski definition) is 0. The van der Waals surface area contributed by atoms with E-state index >= 15 is 0 Å². The minimum atomic E-state index is -0.358. The molecule has 0 saturated carbocycles. The van der Waals surface area contributed by atoms with Gasteiger partial charge in [0.15, 0.2) is 0 Å². The first-order chi connectivity index (χ1) is 5.77. The molecule has 0 spiro atoms. The fourth-order valence-corrected chi connectivity index (χ4v) is 1.07. The summed E-state index contributed by atoms with van der Waals surface area (Å²) in [6.45, 7) is 0. The summed E-state index contributed by atoms with van der Waals surface area (Å²) in [6.07, 6.45) is 1.50. The first-order valence-corrected chi connectivity index (χ1v) is 4.49. The first-order valence-electron chi connectivity index (χ1n) is 3.37. The van der Waals surface area contributed by atoms with Crippen molar-refractivity contribution in [3.8, 4) is 0 Å². The molecule has 1 aromatic heterocycles. The molecule has 0 atom stereocenters. The second-order valence-corrected chi connectivity index (χ2v) is 2.72. The monoisotopic (exact) mass is 245 g/mol. The lowest BCUT2D eigenvalue weighted by atomic mass is 10.2. The number of hydrogen-bond acceptors (Lipinski definition) is 3. The number of carbonyl (C=O) groups is 1. The van der Waals surface area contributed by atoms with Crippen LogP contribution in [0.5, 0.6) is 0 Å². The quantitative estimate of drug-likeness (QED) is 0.594. The summed E-state index contributed by atoms with van der Waals surface area (Å²) in [7, 11) is 1.35. The van der Waals surface area contributed by atoms with Crippen molar-refractivity contribution >= 4 is 21.9 Å². The summed E-state index contributed by atoms with van der Waals surface area (Å²) in [5.74, 6) is -0.358. The Morgan fingerprint density at radius 1 is 1.62 bits per heavy atom. The topological polar surface area (TPSA) is 39.2 Å². The predicted molar refractivity (Wildman–Crippen MR) is 54.9 cm³/mol. The highest BCUT2D eigenvalue weighted by Gasteiger charge is 2.04. The average molecular weight is 246 g/mol. The van der Waals surface area contributed by atoms with Crippen molar-refractivity contribution < 1.29 is 9.53 Å². The van der Waals surface area contributed by atoms with E-state index in [1.165, 1.54) is 13.3 Å². The molecule has 0 saturated heterocycles. The lowest BCUT2D eigenvalue weighted by Crippen LogP contribution is -2.01. The van der Waals surface area contributed by atoms with E-state index in [1.54, 1.807) is 12.1 Å². The average Bonchev–Trinajstić information content (AvgIpc) is 2.17. The van der Waals surface area contributed by atoms with Crippen LogP contribution in [0, 0.1) is 0 Å². The van der Waals surface area contributed by atoms with Crippen LogP contribution in [0.3, 0.4) is 0 Å². The van der Waals surface area contributed by atoms with Gasteiger partial charge in [-0.15, -0.1) is 0 Å². The highest BCUT2D eigenvalue weighted by atomic mass is 79.9. The van der Waals surface area contributed by atoms with Crippen LogP contribution >= 0.6 is 15.9 Å². The van der Waals surface area contributed by atoms with Crippen molar-refractivity contribution in [2.24, 2.45) is 0 Å². The molecular weight excluding hydrogens is 234 g/mol. The van der Waals surface area contributed by atoms with Gasteiger partial charge < -0.3 is 4.74 Å². The van der Waals surface area contributed by atoms with E-state index in [-0.39, 0.29) is 13.4 Å². The van der Waals surface area contributed by atoms with Crippen molar-refractivity contribution in [2.45, 2.75) is 12.8 Å². The highest BCUT2D eigenvalue weighted by molar-refractivity contribution is 9.08. The van der Waals surface area contributed by atoms with Gasteiger partial charge in [0.1, 0.15) is 0 Å². The van der Waals surface area contributed by atoms with Gasteiger partial charge in [-0.1, -0.05) is 23.4 Å². The third-order valence-electron chi connectivity index (χ3n) is 1.38. The van der Waals surface area contributed by atoms with Crippen molar-refractivity contribution in [1.82, 2.24) is 4.98 Å². The number of halogens is 1. The lowest BCUT2D eigenvalue weighted by molar-refractivity contribution is 0.0600. The number of esters is 1. The lowest BCUT2D eigenvalue weighted by Gasteiger charge is -1.98. The minimum Gasteiger partial charge on any atom is -0.465 e. The SMILES string of the molecule is C.COC(=O)c1ccc(CBr)nc1. The van der Waals surface area contributed by atoms with E-state index in [0.29, 0.717) is 10.9 Å². The summed E-state index contributed by atoms with van der Waals surface area (Å²) < 4.78 is 4.52. The second-order valence-electron chi connectivity index (χ2n) is 2.16. The van der Waals surface area contributed by atoms with Crippen molar-refractivity contribution in [2.75, 3.05) is 7.11 Å². The summed E-state index contributed by atoms with van der Waals surface area (Å²) in [5.41, 5.74) is 1.37. The van der Waals surface area contributed by atoms with Gasteiger partial charge >= 0.3 is 5.97 Å². The van der Waals surface area contributed by atoms with E-state index < -0.39 is 0 Å². The molecule has 3 nitrogen and oxygen atoms in total. The Morgan fingerprint density at radius 2 is 2.31 bits per heavy atom. The largest absolute Gasteiger partial charge is 0.465 e. The van der Waals surface area contributed by atoms with Gasteiger partial charge in [0, 0.05) is 11.5 Å². The third kappa shape index (κ3) is 3.14. The van der Waals surface area contributed by atoms with E-state index in [4.69, 9.17) is 0 Å². The molecule has 0 fully saturated rings. The Bertz CT molecular complexity index is 271. The first kappa shape index (κ1) is 12.1. The van der Waals surface area contributed by atoms with Gasteiger partial charge in [-0.3, -0.25) is 4.98 Å². The van der Waals surface area contributed by atoms with Crippen molar-refractivity contribution in [3.63, 3.8) is 0 Å². The fourth-order valence-electron chi connectivity index (χ4n) is 0.742. The van der Waals surface area contributed by atoms with Crippen LogP contribution in [0.15, 0.2) is 18.3 Å². The number of methoxy groups -OCH3 is 1. The van der Waals surface area contributed by atoms with Gasteiger partial charge in [0.2, 0.25) is 0 Å². The van der Waals surface area contributed by atoms with Crippen LogP contribution in [-0.2, 0) is 10.1 Å². The Balaban J connectivity index is 0.00000144. The Labute approximate surface area is 86.3 Å². The van der Waals surface area contributed by atoms with E-state index in [0.717, 1.165) is 5.69 Å². The zero-order valence-electron chi connectivity index (χ0n) is 6.58. The zero-order chi connectivity index (χ0) is 8.97. The minimum absolute atomic E-state index is 0. The zero-order valence-corrected chi connectivity index (χ0v) is 8.17. The number of rotatable bonds is 2. The molecular formula is C9H12BrNO2. The predicted octanol–water partition coefficient (Wildman–Crippen LogP) is 2.40.